The Labute approximate surface area is 114 Å². The van der Waals surface area contributed by atoms with Gasteiger partial charge in [-0.25, -0.2) is 0 Å². The summed E-state index contributed by atoms with van der Waals surface area (Å²) in [6.45, 7) is 2.73. The summed E-state index contributed by atoms with van der Waals surface area (Å²) in [5, 5.41) is 8.43. The van der Waals surface area contributed by atoms with Crippen molar-refractivity contribution in [1.29, 1.82) is 0 Å². The highest BCUT2D eigenvalue weighted by Gasteiger charge is 2.11. The number of rotatable bonds is 5. The number of hydrogen-bond acceptors (Lipinski definition) is 2. The predicted molar refractivity (Wildman–Crippen MR) is 79.0 cm³/mol. The maximum absolute atomic E-state index is 11.8. The minimum Gasteiger partial charge on any atom is -0.350 e. The second-order valence-electron chi connectivity index (χ2n) is 4.71. The first-order valence-corrected chi connectivity index (χ1v) is 6.64. The molecular formula is C16H20N2O. The van der Waals surface area contributed by atoms with Gasteiger partial charge in [0.05, 0.1) is 6.04 Å². The zero-order valence-electron chi connectivity index (χ0n) is 11.4. The lowest BCUT2D eigenvalue weighted by Gasteiger charge is -2.16. The summed E-state index contributed by atoms with van der Waals surface area (Å²) in [5.74, 6) is 0.0785. The maximum atomic E-state index is 11.8. The summed E-state index contributed by atoms with van der Waals surface area (Å²) in [5.41, 5.74) is 1.16. The average Bonchev–Trinajstić information content (AvgIpc) is 2.44. The van der Waals surface area contributed by atoms with Crippen LogP contribution in [0.25, 0.3) is 10.8 Å². The molecule has 0 spiro atoms. The van der Waals surface area contributed by atoms with Gasteiger partial charge >= 0.3 is 0 Å². The lowest BCUT2D eigenvalue weighted by molar-refractivity contribution is -0.121. The first-order valence-electron chi connectivity index (χ1n) is 6.64. The number of amides is 1. The van der Waals surface area contributed by atoms with Crippen LogP contribution in [0.2, 0.25) is 0 Å². The molecule has 2 aromatic rings. The molecule has 100 valence electrons. The van der Waals surface area contributed by atoms with Crippen LogP contribution in [-0.4, -0.2) is 19.5 Å². The normalized spacial score (nSPS) is 12.3. The Bertz CT molecular complexity index is 560. The van der Waals surface area contributed by atoms with Crippen LogP contribution in [0.3, 0.4) is 0 Å². The van der Waals surface area contributed by atoms with E-state index in [2.05, 4.69) is 34.9 Å². The summed E-state index contributed by atoms with van der Waals surface area (Å²) >= 11 is 0. The van der Waals surface area contributed by atoms with Gasteiger partial charge in [0.15, 0.2) is 0 Å². The van der Waals surface area contributed by atoms with Crippen molar-refractivity contribution in [2.45, 2.75) is 19.4 Å². The molecule has 3 heteroatoms. The topological polar surface area (TPSA) is 41.1 Å². The first kappa shape index (κ1) is 13.6. The monoisotopic (exact) mass is 256 g/mol. The number of hydrogen-bond donors (Lipinski definition) is 2. The van der Waals surface area contributed by atoms with Crippen molar-refractivity contribution < 1.29 is 4.79 Å². The molecule has 3 nitrogen and oxygen atoms in total. The van der Waals surface area contributed by atoms with Gasteiger partial charge in [-0.3, -0.25) is 4.79 Å². The average molecular weight is 256 g/mol. The molecule has 0 radical (unpaired) electrons. The lowest BCUT2D eigenvalue weighted by Crippen LogP contribution is -2.29. The summed E-state index contributed by atoms with van der Waals surface area (Å²) in [4.78, 5) is 11.8. The molecule has 2 N–H and O–H groups in total. The molecule has 1 unspecified atom stereocenters. The largest absolute Gasteiger partial charge is 0.350 e. The van der Waals surface area contributed by atoms with Crippen molar-refractivity contribution in [2.24, 2.45) is 0 Å². The van der Waals surface area contributed by atoms with E-state index in [1.807, 2.05) is 32.2 Å². The van der Waals surface area contributed by atoms with E-state index in [1.54, 1.807) is 0 Å². The smallest absolute Gasteiger partial charge is 0.221 e. The minimum atomic E-state index is 0.0236. The second kappa shape index (κ2) is 6.34. The van der Waals surface area contributed by atoms with Gasteiger partial charge in [-0.05, 0) is 30.3 Å². The van der Waals surface area contributed by atoms with E-state index in [1.165, 1.54) is 10.8 Å². The Morgan fingerprint density at radius 2 is 1.89 bits per heavy atom. The number of carbonyl (C=O) groups is 1. The number of nitrogens with one attached hydrogen (secondary N) is 2. The molecule has 0 aliphatic rings. The van der Waals surface area contributed by atoms with Crippen molar-refractivity contribution in [1.82, 2.24) is 10.6 Å². The van der Waals surface area contributed by atoms with E-state index in [4.69, 9.17) is 0 Å². The molecule has 0 aromatic heterocycles. The molecule has 1 amide bonds. The van der Waals surface area contributed by atoms with Crippen molar-refractivity contribution in [3.63, 3.8) is 0 Å². The Balaban J connectivity index is 2.17. The minimum absolute atomic E-state index is 0.0236. The van der Waals surface area contributed by atoms with Crippen LogP contribution in [-0.2, 0) is 4.79 Å². The van der Waals surface area contributed by atoms with Crippen LogP contribution in [0.15, 0.2) is 42.5 Å². The highest BCUT2D eigenvalue weighted by molar-refractivity contribution is 5.86. The van der Waals surface area contributed by atoms with Crippen molar-refractivity contribution >= 4 is 16.7 Å². The van der Waals surface area contributed by atoms with Gasteiger partial charge < -0.3 is 10.6 Å². The molecule has 0 aliphatic carbocycles. The third-order valence-corrected chi connectivity index (χ3v) is 3.27. The molecule has 0 saturated carbocycles. The molecule has 19 heavy (non-hydrogen) atoms. The summed E-state index contributed by atoms with van der Waals surface area (Å²) in [6.07, 6.45) is 0.506. The molecule has 2 aromatic carbocycles. The van der Waals surface area contributed by atoms with Crippen LogP contribution in [0.1, 0.15) is 24.9 Å². The van der Waals surface area contributed by atoms with Crippen molar-refractivity contribution in [3.8, 4) is 0 Å². The first-order chi connectivity index (χ1) is 9.22. The summed E-state index contributed by atoms with van der Waals surface area (Å²) in [6, 6.07) is 14.5. The zero-order chi connectivity index (χ0) is 13.7. The van der Waals surface area contributed by atoms with Crippen LogP contribution in [0.5, 0.6) is 0 Å². The predicted octanol–water partition coefficient (Wildman–Crippen LogP) is 2.63. The SMILES string of the molecule is CNCCC(=O)NC(C)c1cccc2ccccc12. The molecule has 0 fully saturated rings. The maximum Gasteiger partial charge on any atom is 0.221 e. The van der Waals surface area contributed by atoms with E-state index in [-0.39, 0.29) is 11.9 Å². The van der Waals surface area contributed by atoms with Gasteiger partial charge in [0.25, 0.3) is 0 Å². The molecule has 0 heterocycles. The molecule has 1 atom stereocenters. The van der Waals surface area contributed by atoms with E-state index in [9.17, 15) is 4.79 Å². The number of carbonyl (C=O) groups excluding carboxylic acids is 1. The van der Waals surface area contributed by atoms with E-state index in [0.717, 1.165) is 5.56 Å². The summed E-state index contributed by atoms with van der Waals surface area (Å²) in [7, 11) is 1.85. The highest BCUT2D eigenvalue weighted by atomic mass is 16.1. The zero-order valence-corrected chi connectivity index (χ0v) is 11.4. The Kier molecular flexibility index (Phi) is 4.53. The number of benzene rings is 2. The molecule has 0 saturated heterocycles. The molecule has 2 rings (SSSR count). The van der Waals surface area contributed by atoms with Crippen LogP contribution in [0.4, 0.5) is 0 Å². The molecule has 0 aliphatic heterocycles. The fourth-order valence-corrected chi connectivity index (χ4v) is 2.26. The second-order valence-corrected chi connectivity index (χ2v) is 4.71. The van der Waals surface area contributed by atoms with Gasteiger partial charge in [0.1, 0.15) is 0 Å². The summed E-state index contributed by atoms with van der Waals surface area (Å²) < 4.78 is 0. The van der Waals surface area contributed by atoms with Crippen LogP contribution < -0.4 is 10.6 Å². The Hall–Kier alpha value is -1.87. The van der Waals surface area contributed by atoms with Crippen molar-refractivity contribution in [2.75, 3.05) is 13.6 Å². The van der Waals surface area contributed by atoms with Gasteiger partial charge in [0, 0.05) is 13.0 Å². The Morgan fingerprint density at radius 3 is 2.68 bits per heavy atom. The van der Waals surface area contributed by atoms with Gasteiger partial charge in [-0.1, -0.05) is 42.5 Å². The third kappa shape index (κ3) is 3.32. The fourth-order valence-electron chi connectivity index (χ4n) is 2.26. The van der Waals surface area contributed by atoms with E-state index < -0.39 is 0 Å². The quantitative estimate of drug-likeness (QED) is 0.863. The molecule has 0 bridgehead atoms. The van der Waals surface area contributed by atoms with Gasteiger partial charge in [-0.2, -0.15) is 0 Å². The van der Waals surface area contributed by atoms with Crippen LogP contribution >= 0.6 is 0 Å². The van der Waals surface area contributed by atoms with Gasteiger partial charge in [-0.15, -0.1) is 0 Å². The molecular weight excluding hydrogens is 236 g/mol. The third-order valence-electron chi connectivity index (χ3n) is 3.27. The number of fused-ring (bicyclic) bond motifs is 1. The standard InChI is InChI=1S/C16H20N2O/c1-12(18-16(19)10-11-17-2)14-9-5-7-13-6-3-4-8-15(13)14/h3-9,12,17H,10-11H2,1-2H3,(H,18,19). The highest BCUT2D eigenvalue weighted by Crippen LogP contribution is 2.23. The van der Waals surface area contributed by atoms with Crippen LogP contribution in [0, 0.1) is 0 Å². The van der Waals surface area contributed by atoms with E-state index >= 15 is 0 Å². The lowest BCUT2D eigenvalue weighted by atomic mass is 9.99. The fraction of sp³-hybridized carbons (Fsp3) is 0.312. The van der Waals surface area contributed by atoms with E-state index in [0.29, 0.717) is 13.0 Å². The van der Waals surface area contributed by atoms with Gasteiger partial charge in [0.2, 0.25) is 5.91 Å². The van der Waals surface area contributed by atoms with Crippen molar-refractivity contribution in [3.05, 3.63) is 48.0 Å². The Morgan fingerprint density at radius 1 is 1.16 bits per heavy atom.